The van der Waals surface area contributed by atoms with E-state index >= 15 is 0 Å². The molecule has 0 atom stereocenters. The monoisotopic (exact) mass is 292 g/mol. The zero-order valence-electron chi connectivity index (χ0n) is 11.0. The second-order valence-electron chi connectivity index (χ2n) is 4.29. The highest BCUT2D eigenvalue weighted by Crippen LogP contribution is 2.21. The van der Waals surface area contributed by atoms with Crippen molar-refractivity contribution < 1.29 is 4.74 Å². The van der Waals surface area contributed by atoms with Crippen LogP contribution in [0.2, 0.25) is 0 Å². The molecule has 0 aliphatic heterocycles. The Labute approximate surface area is 122 Å². The molecule has 0 aliphatic rings. The first kappa shape index (κ1) is 14.0. The van der Waals surface area contributed by atoms with Crippen LogP contribution in [0.25, 0.3) is 0 Å². The summed E-state index contributed by atoms with van der Waals surface area (Å²) in [5.41, 5.74) is 8.65. The van der Waals surface area contributed by atoms with E-state index < -0.39 is 0 Å². The third-order valence-corrected chi connectivity index (χ3v) is 4.05. The first-order chi connectivity index (χ1) is 9.08. The van der Waals surface area contributed by atoms with E-state index in [0.29, 0.717) is 17.3 Å². The summed E-state index contributed by atoms with van der Waals surface area (Å²) in [7, 11) is 0. The molecule has 3 nitrogen and oxygen atoms in total. The van der Waals surface area contributed by atoms with Gasteiger partial charge in [-0.15, -0.1) is 11.3 Å². The van der Waals surface area contributed by atoms with Gasteiger partial charge in [-0.05, 0) is 31.0 Å². The van der Waals surface area contributed by atoms with Crippen LogP contribution in [0.1, 0.15) is 21.8 Å². The van der Waals surface area contributed by atoms with Gasteiger partial charge in [0.1, 0.15) is 16.4 Å². The van der Waals surface area contributed by atoms with Crippen LogP contribution in [-0.4, -0.2) is 16.6 Å². The topological polar surface area (TPSA) is 48.1 Å². The number of aryl methyl sites for hydroxylation is 1. The number of thiazole rings is 1. The van der Waals surface area contributed by atoms with Gasteiger partial charge in [0.2, 0.25) is 0 Å². The largest absolute Gasteiger partial charge is 0.493 e. The number of ether oxygens (including phenoxy) is 1. The van der Waals surface area contributed by atoms with Crippen LogP contribution < -0.4 is 10.5 Å². The molecule has 2 N–H and O–H groups in total. The van der Waals surface area contributed by atoms with Gasteiger partial charge < -0.3 is 10.5 Å². The SMILES string of the molecule is Cc1cccc(OCCc2nc(C(N)=S)cs2)c1C. The number of hydrogen-bond donors (Lipinski definition) is 1. The maximum Gasteiger partial charge on any atom is 0.123 e. The number of hydrogen-bond acceptors (Lipinski definition) is 4. The summed E-state index contributed by atoms with van der Waals surface area (Å²) in [4.78, 5) is 4.70. The van der Waals surface area contributed by atoms with E-state index in [1.54, 1.807) is 11.3 Å². The van der Waals surface area contributed by atoms with Gasteiger partial charge in [0.15, 0.2) is 0 Å². The number of thiocarbonyl (C=S) groups is 1. The number of nitrogens with two attached hydrogens (primary N) is 1. The Bertz CT molecular complexity index is 593. The molecule has 0 fully saturated rings. The Balaban J connectivity index is 1.92. The van der Waals surface area contributed by atoms with E-state index in [2.05, 4.69) is 24.9 Å². The first-order valence-electron chi connectivity index (χ1n) is 6.01. The summed E-state index contributed by atoms with van der Waals surface area (Å²) in [5, 5.41) is 2.88. The van der Waals surface area contributed by atoms with Gasteiger partial charge in [-0.2, -0.15) is 0 Å². The molecular weight excluding hydrogens is 276 g/mol. The van der Waals surface area contributed by atoms with E-state index in [-0.39, 0.29) is 0 Å². The summed E-state index contributed by atoms with van der Waals surface area (Å²) >= 11 is 6.45. The molecule has 0 saturated heterocycles. The second kappa shape index (κ2) is 6.12. The standard InChI is InChI=1S/C14H16N2OS2/c1-9-4-3-5-12(10(9)2)17-7-6-13-16-11(8-19-13)14(15)18/h3-5,8H,6-7H2,1-2H3,(H2,15,18). The van der Waals surface area contributed by atoms with Crippen molar-refractivity contribution >= 4 is 28.5 Å². The molecular formula is C14H16N2OS2. The molecule has 1 aromatic carbocycles. The summed E-state index contributed by atoms with van der Waals surface area (Å²) in [6.07, 6.45) is 0.765. The molecule has 19 heavy (non-hydrogen) atoms. The molecule has 5 heteroatoms. The van der Waals surface area contributed by atoms with Gasteiger partial charge in [-0.25, -0.2) is 4.98 Å². The Hall–Kier alpha value is -1.46. The highest BCUT2D eigenvalue weighted by molar-refractivity contribution is 7.80. The normalized spacial score (nSPS) is 10.4. The molecule has 2 rings (SSSR count). The van der Waals surface area contributed by atoms with Crippen molar-refractivity contribution in [3.05, 3.63) is 45.4 Å². The maximum absolute atomic E-state index is 5.79. The first-order valence-corrected chi connectivity index (χ1v) is 7.30. The minimum Gasteiger partial charge on any atom is -0.493 e. The smallest absolute Gasteiger partial charge is 0.123 e. The van der Waals surface area contributed by atoms with E-state index in [9.17, 15) is 0 Å². The zero-order valence-corrected chi connectivity index (χ0v) is 12.6. The lowest BCUT2D eigenvalue weighted by Gasteiger charge is -2.09. The van der Waals surface area contributed by atoms with Gasteiger partial charge in [-0.1, -0.05) is 24.4 Å². The third kappa shape index (κ3) is 3.52. The molecule has 1 heterocycles. The molecule has 0 spiro atoms. The van der Waals surface area contributed by atoms with E-state index in [1.807, 2.05) is 17.5 Å². The lowest BCUT2D eigenvalue weighted by Crippen LogP contribution is -2.10. The lowest BCUT2D eigenvalue weighted by molar-refractivity contribution is 0.319. The van der Waals surface area contributed by atoms with Crippen LogP contribution in [0.4, 0.5) is 0 Å². The van der Waals surface area contributed by atoms with Crippen molar-refractivity contribution in [2.75, 3.05) is 6.61 Å². The average molecular weight is 292 g/mol. The maximum atomic E-state index is 5.79. The molecule has 0 bridgehead atoms. The van der Waals surface area contributed by atoms with Crippen LogP contribution >= 0.6 is 23.6 Å². The second-order valence-corrected chi connectivity index (χ2v) is 5.67. The molecule has 0 unspecified atom stereocenters. The Morgan fingerprint density at radius 1 is 1.42 bits per heavy atom. The van der Waals surface area contributed by atoms with Crippen molar-refractivity contribution in [1.29, 1.82) is 0 Å². The van der Waals surface area contributed by atoms with Crippen LogP contribution in [-0.2, 0) is 6.42 Å². The van der Waals surface area contributed by atoms with Crippen LogP contribution in [0.5, 0.6) is 5.75 Å². The van der Waals surface area contributed by atoms with Gasteiger partial charge in [0, 0.05) is 11.8 Å². The van der Waals surface area contributed by atoms with Gasteiger partial charge in [0.05, 0.1) is 11.6 Å². The number of nitrogens with zero attached hydrogens (tertiary/aromatic N) is 1. The van der Waals surface area contributed by atoms with Crippen molar-refractivity contribution in [1.82, 2.24) is 4.98 Å². The van der Waals surface area contributed by atoms with E-state index in [0.717, 1.165) is 17.2 Å². The fourth-order valence-corrected chi connectivity index (χ4v) is 2.63. The molecule has 2 aromatic rings. The summed E-state index contributed by atoms with van der Waals surface area (Å²) in [5.74, 6) is 0.936. The average Bonchev–Trinajstić information content (AvgIpc) is 2.83. The van der Waals surface area contributed by atoms with Gasteiger partial charge in [-0.3, -0.25) is 0 Å². The predicted octanol–water partition coefficient (Wildman–Crippen LogP) is 3.02. The molecule has 1 aromatic heterocycles. The molecule has 0 aliphatic carbocycles. The fraction of sp³-hybridized carbons (Fsp3) is 0.286. The number of rotatable bonds is 5. The summed E-state index contributed by atoms with van der Waals surface area (Å²) in [6.45, 7) is 4.76. The van der Waals surface area contributed by atoms with Crippen molar-refractivity contribution in [3.63, 3.8) is 0 Å². The third-order valence-electron chi connectivity index (χ3n) is 2.93. The Kier molecular flexibility index (Phi) is 4.50. The lowest BCUT2D eigenvalue weighted by atomic mass is 10.1. The molecule has 0 radical (unpaired) electrons. The molecule has 0 saturated carbocycles. The number of aromatic nitrogens is 1. The predicted molar refractivity (Wildman–Crippen MR) is 83.1 cm³/mol. The molecule has 0 amide bonds. The van der Waals surface area contributed by atoms with Gasteiger partial charge >= 0.3 is 0 Å². The Morgan fingerprint density at radius 2 is 2.21 bits per heavy atom. The minimum absolute atomic E-state index is 0.345. The Morgan fingerprint density at radius 3 is 2.89 bits per heavy atom. The van der Waals surface area contributed by atoms with Crippen molar-refractivity contribution in [2.24, 2.45) is 5.73 Å². The fourth-order valence-electron chi connectivity index (χ4n) is 1.67. The van der Waals surface area contributed by atoms with Gasteiger partial charge in [0.25, 0.3) is 0 Å². The summed E-state index contributed by atoms with van der Waals surface area (Å²) in [6, 6.07) is 6.08. The quantitative estimate of drug-likeness (QED) is 0.861. The van der Waals surface area contributed by atoms with Crippen LogP contribution in [0.3, 0.4) is 0 Å². The summed E-state index contributed by atoms with van der Waals surface area (Å²) < 4.78 is 5.79. The molecule has 100 valence electrons. The highest BCUT2D eigenvalue weighted by atomic mass is 32.1. The van der Waals surface area contributed by atoms with Crippen LogP contribution in [0.15, 0.2) is 23.6 Å². The van der Waals surface area contributed by atoms with E-state index in [4.69, 9.17) is 22.7 Å². The number of benzene rings is 1. The van der Waals surface area contributed by atoms with Crippen LogP contribution in [0, 0.1) is 13.8 Å². The van der Waals surface area contributed by atoms with Crippen molar-refractivity contribution in [2.45, 2.75) is 20.3 Å². The zero-order chi connectivity index (χ0) is 13.8. The highest BCUT2D eigenvalue weighted by Gasteiger charge is 2.05. The minimum atomic E-state index is 0.345. The van der Waals surface area contributed by atoms with E-state index in [1.165, 1.54) is 11.1 Å². The van der Waals surface area contributed by atoms with Crippen molar-refractivity contribution in [3.8, 4) is 5.75 Å².